The number of sulfonamides is 1. The molecule has 1 fully saturated rings. The van der Waals surface area contributed by atoms with Gasteiger partial charge in [-0.3, -0.25) is 4.79 Å². The highest BCUT2D eigenvalue weighted by atomic mass is 35.5. The van der Waals surface area contributed by atoms with Gasteiger partial charge in [-0.15, -0.1) is 0 Å². The van der Waals surface area contributed by atoms with Crippen LogP contribution in [0.1, 0.15) is 51.1 Å². The first-order valence-electron chi connectivity index (χ1n) is 10.6. The molecule has 1 aliphatic rings. The summed E-state index contributed by atoms with van der Waals surface area (Å²) in [6, 6.07) is 6.82. The van der Waals surface area contributed by atoms with E-state index in [9.17, 15) is 17.6 Å². The fourth-order valence-corrected chi connectivity index (χ4v) is 5.29. The molecule has 1 saturated carbocycles. The number of hydrogen-bond acceptors (Lipinski definition) is 5. The number of ether oxygens (including phenoxy) is 1. The highest BCUT2D eigenvalue weighted by molar-refractivity contribution is 7.89. The SMILES string of the molecule is CCOc1ncc(S(=O)(=O)N[C@H]2CC[C@H](C(=O)N[C@H](C)c3ccc(F)cc3)CC2)cc1Cl. The third kappa shape index (κ3) is 6.17. The van der Waals surface area contributed by atoms with E-state index >= 15 is 0 Å². The van der Waals surface area contributed by atoms with E-state index in [1.54, 1.807) is 19.1 Å². The maximum absolute atomic E-state index is 13.1. The summed E-state index contributed by atoms with van der Waals surface area (Å²) in [5.74, 6) is -0.406. The second-order valence-corrected chi connectivity index (χ2v) is 9.96. The number of carbonyl (C=O) groups excluding carboxylic acids is 1. The lowest BCUT2D eigenvalue weighted by molar-refractivity contribution is -0.126. The molecule has 174 valence electrons. The van der Waals surface area contributed by atoms with Gasteiger partial charge in [-0.05, 0) is 63.3 Å². The van der Waals surface area contributed by atoms with Crippen molar-refractivity contribution in [2.24, 2.45) is 5.92 Å². The third-order valence-electron chi connectivity index (χ3n) is 5.52. The average molecular weight is 484 g/mol. The van der Waals surface area contributed by atoms with Gasteiger partial charge in [-0.25, -0.2) is 22.5 Å². The third-order valence-corrected chi connectivity index (χ3v) is 7.28. The summed E-state index contributed by atoms with van der Waals surface area (Å²) in [7, 11) is -3.79. The number of aromatic nitrogens is 1. The van der Waals surface area contributed by atoms with Crippen molar-refractivity contribution in [3.63, 3.8) is 0 Å². The van der Waals surface area contributed by atoms with Crippen LogP contribution in [0.2, 0.25) is 5.02 Å². The molecule has 1 atom stereocenters. The fraction of sp³-hybridized carbons (Fsp3) is 0.455. The fourth-order valence-electron chi connectivity index (χ4n) is 3.72. The van der Waals surface area contributed by atoms with Gasteiger partial charge in [0.05, 0.1) is 18.8 Å². The van der Waals surface area contributed by atoms with Crippen molar-refractivity contribution in [1.29, 1.82) is 0 Å². The molecule has 1 aromatic carbocycles. The van der Waals surface area contributed by atoms with Crippen LogP contribution in [0, 0.1) is 11.7 Å². The van der Waals surface area contributed by atoms with E-state index in [1.807, 2.05) is 6.92 Å². The molecule has 1 aromatic heterocycles. The summed E-state index contributed by atoms with van der Waals surface area (Å²) < 4.78 is 46.4. The molecule has 0 aliphatic heterocycles. The van der Waals surface area contributed by atoms with E-state index in [4.69, 9.17) is 16.3 Å². The second kappa shape index (κ2) is 10.6. The Bertz CT molecular complexity index is 1040. The van der Waals surface area contributed by atoms with Crippen LogP contribution in [0.5, 0.6) is 5.88 Å². The van der Waals surface area contributed by atoms with Gasteiger partial charge in [0.1, 0.15) is 15.7 Å². The van der Waals surface area contributed by atoms with Crippen molar-refractivity contribution < 1.29 is 22.3 Å². The molecule has 2 aromatic rings. The van der Waals surface area contributed by atoms with E-state index in [0.29, 0.717) is 32.3 Å². The summed E-state index contributed by atoms with van der Waals surface area (Å²) in [5.41, 5.74) is 0.823. The molecule has 3 rings (SSSR count). The normalized spacial score (nSPS) is 19.9. The zero-order chi connectivity index (χ0) is 23.3. The summed E-state index contributed by atoms with van der Waals surface area (Å²) in [4.78, 5) is 16.6. The molecule has 0 saturated heterocycles. The van der Waals surface area contributed by atoms with Crippen LogP contribution >= 0.6 is 11.6 Å². The Hall–Kier alpha value is -2.23. The molecule has 32 heavy (non-hydrogen) atoms. The first-order valence-corrected chi connectivity index (χ1v) is 12.4. The number of nitrogens with one attached hydrogen (secondary N) is 2. The molecule has 1 heterocycles. The predicted molar refractivity (Wildman–Crippen MR) is 119 cm³/mol. The maximum atomic E-state index is 13.1. The Kier molecular flexibility index (Phi) is 8.08. The zero-order valence-electron chi connectivity index (χ0n) is 18.0. The summed E-state index contributed by atoms with van der Waals surface area (Å²) in [6.07, 6.45) is 3.44. The average Bonchev–Trinajstić information content (AvgIpc) is 2.76. The topological polar surface area (TPSA) is 97.4 Å². The van der Waals surface area contributed by atoms with Crippen LogP contribution < -0.4 is 14.8 Å². The monoisotopic (exact) mass is 483 g/mol. The van der Waals surface area contributed by atoms with Gasteiger partial charge in [-0.2, -0.15) is 0 Å². The van der Waals surface area contributed by atoms with Gasteiger partial charge in [0.15, 0.2) is 0 Å². The Morgan fingerprint density at radius 3 is 2.50 bits per heavy atom. The van der Waals surface area contributed by atoms with Gasteiger partial charge in [0.2, 0.25) is 21.8 Å². The second-order valence-electron chi connectivity index (χ2n) is 7.84. The van der Waals surface area contributed by atoms with Gasteiger partial charge in [0, 0.05) is 12.0 Å². The summed E-state index contributed by atoms with van der Waals surface area (Å²) in [5, 5.41) is 3.09. The van der Waals surface area contributed by atoms with Crippen molar-refractivity contribution in [2.75, 3.05) is 6.61 Å². The minimum absolute atomic E-state index is 0.0288. The number of benzene rings is 1. The van der Waals surface area contributed by atoms with E-state index in [2.05, 4.69) is 15.0 Å². The standard InChI is InChI=1S/C22H27ClFN3O4S/c1-3-31-22-20(23)12-19(13-25-22)32(29,30)27-18-10-6-16(7-11-18)21(28)26-14(2)15-4-8-17(24)9-5-15/h4-5,8-9,12-14,16,18,27H,3,6-7,10-11H2,1-2H3,(H,26,28)/t14-,16-,18-/m1/s1. The highest BCUT2D eigenvalue weighted by Gasteiger charge is 2.30. The van der Waals surface area contributed by atoms with Crippen LogP contribution in [0.25, 0.3) is 0 Å². The van der Waals surface area contributed by atoms with Gasteiger partial charge >= 0.3 is 0 Å². The maximum Gasteiger partial charge on any atom is 0.242 e. The number of halogens is 2. The van der Waals surface area contributed by atoms with Gasteiger partial charge in [0.25, 0.3) is 0 Å². The largest absolute Gasteiger partial charge is 0.477 e. The van der Waals surface area contributed by atoms with Crippen molar-refractivity contribution in [3.8, 4) is 5.88 Å². The molecule has 10 heteroatoms. The lowest BCUT2D eigenvalue weighted by atomic mass is 9.85. The van der Waals surface area contributed by atoms with Crippen LogP contribution in [0.4, 0.5) is 4.39 Å². The Labute approximate surface area is 192 Å². The van der Waals surface area contributed by atoms with E-state index in [-0.39, 0.29) is 45.5 Å². The smallest absolute Gasteiger partial charge is 0.242 e. The molecule has 0 radical (unpaired) electrons. The summed E-state index contributed by atoms with van der Waals surface area (Å²) >= 11 is 6.06. The Balaban J connectivity index is 1.53. The van der Waals surface area contributed by atoms with Crippen LogP contribution in [-0.4, -0.2) is 32.0 Å². The van der Waals surface area contributed by atoms with Gasteiger partial charge in [-0.1, -0.05) is 23.7 Å². The minimum atomic E-state index is -3.79. The number of hydrogen-bond donors (Lipinski definition) is 2. The Morgan fingerprint density at radius 1 is 1.25 bits per heavy atom. The number of carbonyl (C=O) groups is 1. The van der Waals surface area contributed by atoms with Crippen LogP contribution in [0.15, 0.2) is 41.4 Å². The quantitative estimate of drug-likeness (QED) is 0.591. The molecule has 0 bridgehead atoms. The first-order chi connectivity index (χ1) is 15.2. The lowest BCUT2D eigenvalue weighted by Crippen LogP contribution is -2.41. The Morgan fingerprint density at radius 2 is 1.91 bits per heavy atom. The van der Waals surface area contributed by atoms with E-state index < -0.39 is 10.0 Å². The van der Waals surface area contributed by atoms with Crippen molar-refractivity contribution in [3.05, 3.63) is 52.9 Å². The zero-order valence-corrected chi connectivity index (χ0v) is 19.5. The minimum Gasteiger partial charge on any atom is -0.477 e. The lowest BCUT2D eigenvalue weighted by Gasteiger charge is -2.29. The molecule has 1 amide bonds. The van der Waals surface area contributed by atoms with Crippen LogP contribution in [-0.2, 0) is 14.8 Å². The highest BCUT2D eigenvalue weighted by Crippen LogP contribution is 2.28. The van der Waals surface area contributed by atoms with Crippen molar-refractivity contribution >= 4 is 27.5 Å². The van der Waals surface area contributed by atoms with E-state index in [0.717, 1.165) is 5.56 Å². The van der Waals surface area contributed by atoms with Gasteiger partial charge < -0.3 is 10.1 Å². The summed E-state index contributed by atoms with van der Waals surface area (Å²) in [6.45, 7) is 4.00. The van der Waals surface area contributed by atoms with Crippen molar-refractivity contribution in [2.45, 2.75) is 56.5 Å². The first kappa shape index (κ1) is 24.4. The number of pyridine rings is 1. The molecule has 7 nitrogen and oxygen atoms in total. The van der Waals surface area contributed by atoms with Crippen molar-refractivity contribution in [1.82, 2.24) is 15.0 Å². The molecule has 2 N–H and O–H groups in total. The number of rotatable bonds is 8. The molecule has 0 unspecified atom stereocenters. The van der Waals surface area contributed by atoms with Crippen LogP contribution in [0.3, 0.4) is 0 Å². The predicted octanol–water partition coefficient (Wildman–Crippen LogP) is 3.99. The van der Waals surface area contributed by atoms with E-state index in [1.165, 1.54) is 24.4 Å². The number of nitrogens with zero attached hydrogens (tertiary/aromatic N) is 1. The molecular weight excluding hydrogens is 457 g/mol. The molecular formula is C22H27ClFN3O4S. The number of amides is 1. The molecule has 1 aliphatic carbocycles. The molecule has 0 spiro atoms.